The average Bonchev–Trinajstić information content (AvgIpc) is 2.28. The number of nitrogens with one attached hydrogen (secondary N) is 1. The first-order valence-electron chi connectivity index (χ1n) is 4.61. The molecule has 0 aliphatic rings. The highest BCUT2D eigenvalue weighted by molar-refractivity contribution is 6.30. The van der Waals surface area contributed by atoms with Crippen LogP contribution in [0.2, 0.25) is 5.02 Å². The summed E-state index contributed by atoms with van der Waals surface area (Å²) in [6, 6.07) is 4.16. The van der Waals surface area contributed by atoms with Gasteiger partial charge in [-0.05, 0) is 18.2 Å². The van der Waals surface area contributed by atoms with Crippen LogP contribution in [0, 0.1) is 5.82 Å². The minimum absolute atomic E-state index is 0.0484. The fourth-order valence-electron chi connectivity index (χ4n) is 0.982. The predicted molar refractivity (Wildman–Crippen MR) is 60.1 cm³/mol. The van der Waals surface area contributed by atoms with Crippen molar-refractivity contribution in [1.82, 2.24) is 5.32 Å². The number of ether oxygens (including phenoxy) is 1. The molecule has 0 fully saturated rings. The van der Waals surface area contributed by atoms with Crippen LogP contribution in [0.5, 0.6) is 5.75 Å². The number of carbonyl (C=O) groups excluding carboxylic acids is 1. The maximum Gasteiger partial charge on any atom is 0.243 e. The molecule has 0 spiro atoms. The lowest BCUT2D eigenvalue weighted by Crippen LogP contribution is -2.26. The van der Waals surface area contributed by atoms with E-state index in [9.17, 15) is 9.18 Å². The Kier molecular flexibility index (Phi) is 4.79. The lowest BCUT2D eigenvalue weighted by atomic mass is 10.3. The molecular weight excluding hydrogens is 233 g/mol. The van der Waals surface area contributed by atoms with Gasteiger partial charge in [-0.25, -0.2) is 4.39 Å². The Morgan fingerprint density at radius 1 is 1.62 bits per heavy atom. The summed E-state index contributed by atoms with van der Waals surface area (Å²) in [6.45, 7) is 3.88. The Morgan fingerprint density at radius 3 is 3.00 bits per heavy atom. The fraction of sp³-hybridized carbons (Fsp3) is 0.182. The maximum atomic E-state index is 13.0. The van der Waals surface area contributed by atoms with E-state index in [1.807, 2.05) is 0 Å². The molecule has 0 aromatic heterocycles. The fourth-order valence-corrected chi connectivity index (χ4v) is 1.10. The van der Waals surface area contributed by atoms with Crippen molar-refractivity contribution in [2.75, 3.05) is 13.2 Å². The van der Waals surface area contributed by atoms with Gasteiger partial charge in [-0.2, -0.15) is 0 Å². The molecule has 1 aromatic rings. The second-order valence-corrected chi connectivity index (χ2v) is 3.33. The van der Waals surface area contributed by atoms with Crippen LogP contribution < -0.4 is 10.1 Å². The van der Waals surface area contributed by atoms with Crippen LogP contribution in [-0.4, -0.2) is 19.1 Å². The number of carbonyl (C=O) groups is 1. The minimum Gasteiger partial charge on any atom is -0.492 e. The number of amides is 1. The molecule has 0 saturated heterocycles. The molecule has 1 amide bonds. The van der Waals surface area contributed by atoms with Gasteiger partial charge in [0.25, 0.3) is 0 Å². The van der Waals surface area contributed by atoms with Gasteiger partial charge in [0, 0.05) is 6.07 Å². The molecule has 0 atom stereocenters. The topological polar surface area (TPSA) is 38.3 Å². The van der Waals surface area contributed by atoms with Crippen LogP contribution in [-0.2, 0) is 4.79 Å². The summed E-state index contributed by atoms with van der Waals surface area (Å²) in [5, 5.41) is 2.58. The summed E-state index contributed by atoms with van der Waals surface area (Å²) >= 11 is 5.50. The van der Waals surface area contributed by atoms with Gasteiger partial charge >= 0.3 is 0 Å². The molecule has 0 unspecified atom stereocenters. The molecule has 86 valence electrons. The summed E-state index contributed by atoms with van der Waals surface area (Å²) in [7, 11) is 0. The number of hydrogen-bond donors (Lipinski definition) is 1. The summed E-state index contributed by atoms with van der Waals surface area (Å²) in [4.78, 5) is 10.8. The minimum atomic E-state index is -0.533. The van der Waals surface area contributed by atoms with Gasteiger partial charge in [0.15, 0.2) is 0 Å². The van der Waals surface area contributed by atoms with Crippen molar-refractivity contribution in [2.24, 2.45) is 0 Å². The Morgan fingerprint density at radius 2 is 2.38 bits per heavy atom. The highest BCUT2D eigenvalue weighted by Crippen LogP contribution is 2.19. The normalized spacial score (nSPS) is 9.62. The number of benzene rings is 1. The number of halogens is 2. The second kappa shape index (κ2) is 6.12. The molecule has 1 rings (SSSR count). The smallest absolute Gasteiger partial charge is 0.243 e. The summed E-state index contributed by atoms with van der Waals surface area (Å²) in [5.41, 5.74) is 0. The summed E-state index contributed by atoms with van der Waals surface area (Å²) in [6.07, 6.45) is 1.17. The zero-order valence-corrected chi connectivity index (χ0v) is 9.26. The highest BCUT2D eigenvalue weighted by Gasteiger charge is 2.01. The van der Waals surface area contributed by atoms with Gasteiger partial charge < -0.3 is 10.1 Å². The van der Waals surface area contributed by atoms with E-state index in [0.717, 1.165) is 0 Å². The van der Waals surface area contributed by atoms with Crippen molar-refractivity contribution in [1.29, 1.82) is 0 Å². The summed E-state index contributed by atoms with van der Waals surface area (Å²) in [5.74, 6) is -0.435. The van der Waals surface area contributed by atoms with Gasteiger partial charge in [0.2, 0.25) is 5.91 Å². The first-order valence-corrected chi connectivity index (χ1v) is 4.99. The number of hydrogen-bond acceptors (Lipinski definition) is 2. The first-order chi connectivity index (χ1) is 7.63. The first kappa shape index (κ1) is 12.5. The largest absolute Gasteiger partial charge is 0.492 e. The molecule has 0 heterocycles. The van der Waals surface area contributed by atoms with Gasteiger partial charge in [0.1, 0.15) is 18.2 Å². The van der Waals surface area contributed by atoms with E-state index in [2.05, 4.69) is 11.9 Å². The van der Waals surface area contributed by atoms with Crippen molar-refractivity contribution >= 4 is 17.5 Å². The lowest BCUT2D eigenvalue weighted by molar-refractivity contribution is -0.116. The van der Waals surface area contributed by atoms with Crippen molar-refractivity contribution in [2.45, 2.75) is 0 Å². The van der Waals surface area contributed by atoms with E-state index in [4.69, 9.17) is 16.3 Å². The van der Waals surface area contributed by atoms with Crippen LogP contribution in [0.3, 0.4) is 0 Å². The summed E-state index contributed by atoms with van der Waals surface area (Å²) < 4.78 is 18.2. The highest BCUT2D eigenvalue weighted by atomic mass is 35.5. The third kappa shape index (κ3) is 3.90. The molecule has 16 heavy (non-hydrogen) atoms. The van der Waals surface area contributed by atoms with Crippen LogP contribution in [0.4, 0.5) is 4.39 Å². The Balaban J connectivity index is 2.35. The lowest BCUT2D eigenvalue weighted by Gasteiger charge is -2.06. The zero-order chi connectivity index (χ0) is 12.0. The van der Waals surface area contributed by atoms with Crippen LogP contribution in [0.25, 0.3) is 0 Å². The van der Waals surface area contributed by atoms with Crippen molar-refractivity contribution in [3.63, 3.8) is 0 Å². The van der Waals surface area contributed by atoms with Gasteiger partial charge in [-0.3, -0.25) is 4.79 Å². The van der Waals surface area contributed by atoms with E-state index in [-0.39, 0.29) is 17.5 Å². The van der Waals surface area contributed by atoms with Crippen LogP contribution >= 0.6 is 11.6 Å². The molecule has 5 heteroatoms. The van der Waals surface area contributed by atoms with Crippen LogP contribution in [0.1, 0.15) is 0 Å². The standard InChI is InChI=1S/C11H11ClFNO2/c1-2-11(15)14-5-6-16-8-3-4-9(12)10(13)7-8/h2-4,7H,1,5-6H2,(H,14,15). The van der Waals surface area contributed by atoms with E-state index >= 15 is 0 Å². The third-order valence-corrected chi connectivity index (χ3v) is 2.05. The molecule has 0 saturated carbocycles. The molecule has 3 nitrogen and oxygen atoms in total. The Labute approximate surface area is 97.9 Å². The van der Waals surface area contributed by atoms with Gasteiger partial charge in [-0.15, -0.1) is 0 Å². The molecule has 0 aliphatic heterocycles. The SMILES string of the molecule is C=CC(=O)NCCOc1ccc(Cl)c(F)c1. The van der Waals surface area contributed by atoms with Gasteiger partial charge in [-0.1, -0.05) is 18.2 Å². The molecule has 1 aromatic carbocycles. The van der Waals surface area contributed by atoms with Crippen molar-refractivity contribution in [3.05, 3.63) is 41.7 Å². The average molecular weight is 244 g/mol. The predicted octanol–water partition coefficient (Wildman–Crippen LogP) is 2.16. The van der Waals surface area contributed by atoms with E-state index < -0.39 is 5.82 Å². The van der Waals surface area contributed by atoms with Crippen LogP contribution in [0.15, 0.2) is 30.9 Å². The quantitative estimate of drug-likeness (QED) is 0.636. The number of rotatable bonds is 5. The molecule has 1 N–H and O–H groups in total. The Hall–Kier alpha value is -1.55. The van der Waals surface area contributed by atoms with Gasteiger partial charge in [0.05, 0.1) is 11.6 Å². The second-order valence-electron chi connectivity index (χ2n) is 2.92. The Bertz CT molecular complexity index is 396. The molecule has 0 radical (unpaired) electrons. The van der Waals surface area contributed by atoms with E-state index in [0.29, 0.717) is 12.3 Å². The maximum absolute atomic E-state index is 13.0. The molecular formula is C11H11ClFNO2. The molecule has 0 aliphatic carbocycles. The monoisotopic (exact) mass is 243 g/mol. The zero-order valence-electron chi connectivity index (χ0n) is 8.50. The van der Waals surface area contributed by atoms with Crippen molar-refractivity contribution < 1.29 is 13.9 Å². The van der Waals surface area contributed by atoms with E-state index in [1.165, 1.54) is 18.2 Å². The molecule has 0 bridgehead atoms. The third-order valence-electron chi connectivity index (χ3n) is 1.75. The van der Waals surface area contributed by atoms with Crippen molar-refractivity contribution in [3.8, 4) is 5.75 Å². The van der Waals surface area contributed by atoms with E-state index in [1.54, 1.807) is 6.07 Å².